The van der Waals surface area contributed by atoms with Crippen molar-refractivity contribution in [3.8, 4) is 0 Å². The average Bonchev–Trinajstić information content (AvgIpc) is 3.14. The fourth-order valence-corrected chi connectivity index (χ4v) is 3.33. The van der Waals surface area contributed by atoms with E-state index in [1.54, 1.807) is 33.9 Å². The summed E-state index contributed by atoms with van der Waals surface area (Å²) in [6.45, 7) is 0.583. The first kappa shape index (κ1) is 16.3. The number of carbonyl (C=O) groups is 2. The van der Waals surface area contributed by atoms with Gasteiger partial charge in [0.25, 0.3) is 5.91 Å². The summed E-state index contributed by atoms with van der Waals surface area (Å²) in [4.78, 5) is 31.5. The van der Waals surface area contributed by atoms with Crippen molar-refractivity contribution >= 4 is 23.3 Å². The monoisotopic (exact) mass is 349 g/mol. The van der Waals surface area contributed by atoms with Gasteiger partial charge in [-0.3, -0.25) is 9.59 Å². The van der Waals surface area contributed by atoms with Crippen LogP contribution in [-0.4, -0.2) is 37.9 Å². The number of aromatic nitrogens is 3. The normalized spacial score (nSPS) is 15.8. The van der Waals surface area contributed by atoms with Crippen LogP contribution < -0.4 is 5.32 Å². The number of hydrogen-bond acceptors (Lipinski definition) is 4. The quantitative estimate of drug-likeness (QED) is 0.784. The molecule has 1 saturated heterocycles. The Balaban J connectivity index is 1.68. The summed E-state index contributed by atoms with van der Waals surface area (Å²) < 4.78 is 1.57. The van der Waals surface area contributed by atoms with Gasteiger partial charge >= 0.3 is 0 Å². The molecule has 1 N–H and O–H groups in total. The number of anilines is 1. The first-order valence-electron chi connectivity index (χ1n) is 8.68. The van der Waals surface area contributed by atoms with Crippen LogP contribution in [0.5, 0.6) is 0 Å². The minimum Gasteiger partial charge on any atom is -0.327 e. The number of nitrogens with zero attached hydrogens (tertiary/aromatic N) is 4. The number of amides is 2. The van der Waals surface area contributed by atoms with E-state index in [4.69, 9.17) is 0 Å². The maximum atomic E-state index is 13.2. The van der Waals surface area contributed by atoms with E-state index in [-0.39, 0.29) is 11.8 Å². The van der Waals surface area contributed by atoms with Crippen LogP contribution in [0.3, 0.4) is 0 Å². The van der Waals surface area contributed by atoms with Gasteiger partial charge in [-0.15, -0.1) is 0 Å². The zero-order valence-electron chi connectivity index (χ0n) is 14.2. The van der Waals surface area contributed by atoms with E-state index in [0.717, 1.165) is 18.4 Å². The van der Waals surface area contributed by atoms with Gasteiger partial charge in [0.15, 0.2) is 5.65 Å². The van der Waals surface area contributed by atoms with E-state index in [9.17, 15) is 9.59 Å². The number of piperidine rings is 1. The molecule has 2 amide bonds. The molecule has 3 aromatic rings. The molecular formula is C19H19N5O2. The molecule has 1 aliphatic rings. The van der Waals surface area contributed by atoms with Crippen molar-refractivity contribution in [2.24, 2.45) is 0 Å². The number of rotatable bonds is 4. The van der Waals surface area contributed by atoms with Crippen LogP contribution >= 0.6 is 0 Å². The highest BCUT2D eigenvalue weighted by Gasteiger charge is 2.33. The summed E-state index contributed by atoms with van der Waals surface area (Å²) in [5.41, 5.74) is 1.44. The first-order chi connectivity index (χ1) is 12.7. The molecule has 0 saturated carbocycles. The lowest BCUT2D eigenvalue weighted by Crippen LogP contribution is -2.43. The third-order valence-corrected chi connectivity index (χ3v) is 4.58. The molecule has 0 bridgehead atoms. The topological polar surface area (TPSA) is 79.6 Å². The molecule has 2 aromatic heterocycles. The fourth-order valence-electron chi connectivity index (χ4n) is 3.33. The number of fused-ring (bicyclic) bond motifs is 1. The largest absolute Gasteiger partial charge is 0.327 e. The average molecular weight is 349 g/mol. The summed E-state index contributed by atoms with van der Waals surface area (Å²) in [7, 11) is 0. The number of nitrogens with one attached hydrogen (secondary N) is 1. The zero-order chi connectivity index (χ0) is 17.9. The first-order valence-corrected chi connectivity index (χ1v) is 8.68. The summed E-state index contributed by atoms with van der Waals surface area (Å²) in [6, 6.07) is 12.2. The minimum absolute atomic E-state index is 0.0132. The standard InChI is InChI=1S/C19H19N5O2/c25-17-8-4-5-13-23(17)18(14-6-2-1-3-7-14)19(26)22-16-9-11-20-15-10-12-21-24(15)16/h1-3,6-7,9-12,18H,4-5,8,13H2,(H,22,26). The van der Waals surface area contributed by atoms with Gasteiger partial charge in [0, 0.05) is 25.2 Å². The number of hydrogen-bond donors (Lipinski definition) is 1. The van der Waals surface area contributed by atoms with Gasteiger partial charge in [0.2, 0.25) is 5.91 Å². The fraction of sp³-hybridized carbons (Fsp3) is 0.263. The summed E-state index contributed by atoms with van der Waals surface area (Å²) in [5, 5.41) is 7.11. The molecule has 0 spiro atoms. The van der Waals surface area contributed by atoms with Gasteiger partial charge < -0.3 is 10.2 Å². The Morgan fingerprint density at radius 1 is 1.08 bits per heavy atom. The van der Waals surface area contributed by atoms with Crippen molar-refractivity contribution in [3.63, 3.8) is 0 Å². The Bertz CT molecular complexity index is 937. The Labute approximate surface area is 150 Å². The zero-order valence-corrected chi connectivity index (χ0v) is 14.2. The van der Waals surface area contributed by atoms with Crippen LogP contribution in [-0.2, 0) is 9.59 Å². The Kier molecular flexibility index (Phi) is 4.35. The molecular weight excluding hydrogens is 330 g/mol. The number of benzene rings is 1. The molecule has 0 aliphatic carbocycles. The van der Waals surface area contributed by atoms with Gasteiger partial charge in [-0.1, -0.05) is 30.3 Å². The van der Waals surface area contributed by atoms with E-state index in [2.05, 4.69) is 15.4 Å². The van der Waals surface area contributed by atoms with Crippen LogP contribution in [0.25, 0.3) is 5.65 Å². The van der Waals surface area contributed by atoms with Crippen LogP contribution in [0.2, 0.25) is 0 Å². The third-order valence-electron chi connectivity index (χ3n) is 4.58. The lowest BCUT2D eigenvalue weighted by Gasteiger charge is -2.34. The van der Waals surface area contributed by atoms with Crippen molar-refractivity contribution in [3.05, 3.63) is 60.4 Å². The summed E-state index contributed by atoms with van der Waals surface area (Å²) in [6.07, 6.45) is 5.50. The highest BCUT2D eigenvalue weighted by Crippen LogP contribution is 2.27. The predicted molar refractivity (Wildman–Crippen MR) is 96.4 cm³/mol. The molecule has 1 atom stereocenters. The van der Waals surface area contributed by atoms with E-state index in [1.165, 1.54) is 0 Å². The second-order valence-corrected chi connectivity index (χ2v) is 6.28. The van der Waals surface area contributed by atoms with E-state index in [0.29, 0.717) is 24.4 Å². The summed E-state index contributed by atoms with van der Waals surface area (Å²) >= 11 is 0. The molecule has 7 nitrogen and oxygen atoms in total. The molecule has 132 valence electrons. The van der Waals surface area contributed by atoms with Crippen molar-refractivity contribution in [2.45, 2.75) is 25.3 Å². The van der Waals surface area contributed by atoms with E-state index in [1.807, 2.05) is 30.3 Å². The molecule has 1 fully saturated rings. The van der Waals surface area contributed by atoms with Crippen molar-refractivity contribution in [2.75, 3.05) is 11.9 Å². The smallest absolute Gasteiger partial charge is 0.252 e. The SMILES string of the molecule is O=C(Nc1ccnc2ccnn12)C(c1ccccc1)N1CCCCC1=O. The van der Waals surface area contributed by atoms with Crippen molar-refractivity contribution < 1.29 is 9.59 Å². The number of likely N-dealkylation sites (tertiary alicyclic amines) is 1. The van der Waals surface area contributed by atoms with Crippen molar-refractivity contribution in [1.82, 2.24) is 19.5 Å². The summed E-state index contributed by atoms with van der Waals surface area (Å²) in [5.74, 6) is 0.282. The molecule has 26 heavy (non-hydrogen) atoms. The Morgan fingerprint density at radius 2 is 1.92 bits per heavy atom. The van der Waals surface area contributed by atoms with Crippen LogP contribution in [0.4, 0.5) is 5.82 Å². The molecule has 0 radical (unpaired) electrons. The minimum atomic E-state index is -0.664. The highest BCUT2D eigenvalue weighted by molar-refractivity contribution is 5.97. The molecule has 4 rings (SSSR count). The maximum absolute atomic E-state index is 13.2. The van der Waals surface area contributed by atoms with Gasteiger partial charge in [-0.2, -0.15) is 9.61 Å². The molecule has 7 heteroatoms. The van der Waals surface area contributed by atoms with Gasteiger partial charge in [-0.05, 0) is 24.5 Å². The van der Waals surface area contributed by atoms with Crippen LogP contribution in [0, 0.1) is 0 Å². The van der Waals surface area contributed by atoms with Crippen molar-refractivity contribution in [1.29, 1.82) is 0 Å². The van der Waals surface area contributed by atoms with E-state index < -0.39 is 6.04 Å². The molecule has 1 aliphatic heterocycles. The Hall–Kier alpha value is -3.22. The highest BCUT2D eigenvalue weighted by atomic mass is 16.2. The second kappa shape index (κ2) is 6.95. The lowest BCUT2D eigenvalue weighted by molar-refractivity contribution is -0.141. The van der Waals surface area contributed by atoms with Gasteiger partial charge in [-0.25, -0.2) is 4.98 Å². The van der Waals surface area contributed by atoms with E-state index >= 15 is 0 Å². The number of carbonyl (C=O) groups excluding carboxylic acids is 2. The molecule has 1 aromatic carbocycles. The maximum Gasteiger partial charge on any atom is 0.252 e. The predicted octanol–water partition coefficient (Wildman–Crippen LogP) is 2.42. The van der Waals surface area contributed by atoms with Crippen LogP contribution in [0.1, 0.15) is 30.9 Å². The second-order valence-electron chi connectivity index (χ2n) is 6.28. The molecule has 1 unspecified atom stereocenters. The lowest BCUT2D eigenvalue weighted by atomic mass is 10.0. The Morgan fingerprint density at radius 3 is 2.73 bits per heavy atom. The van der Waals surface area contributed by atoms with Crippen LogP contribution in [0.15, 0.2) is 54.9 Å². The van der Waals surface area contributed by atoms with Gasteiger partial charge in [0.1, 0.15) is 11.9 Å². The molecule has 3 heterocycles. The van der Waals surface area contributed by atoms with Gasteiger partial charge in [0.05, 0.1) is 6.20 Å². The third kappa shape index (κ3) is 3.03.